The molecule has 7 nitrogen and oxygen atoms in total. The van der Waals surface area contributed by atoms with Gasteiger partial charge in [0.05, 0.1) is 21.0 Å². The van der Waals surface area contributed by atoms with Gasteiger partial charge in [0.1, 0.15) is 6.54 Å². The number of fused-ring (bicyclic) bond motifs is 1. The van der Waals surface area contributed by atoms with E-state index in [2.05, 4.69) is 10.0 Å². The number of carbonyl (C=O) groups is 2. The average Bonchev–Trinajstić information content (AvgIpc) is 3.05. The summed E-state index contributed by atoms with van der Waals surface area (Å²) in [7, 11) is -4.01. The lowest BCUT2D eigenvalue weighted by Crippen LogP contribution is -2.39. The van der Waals surface area contributed by atoms with Crippen molar-refractivity contribution in [1.82, 2.24) is 4.90 Å². The fourth-order valence-electron chi connectivity index (χ4n) is 4.38. The van der Waals surface area contributed by atoms with Crippen molar-refractivity contribution in [2.75, 3.05) is 16.6 Å². The van der Waals surface area contributed by atoms with Gasteiger partial charge in [0.15, 0.2) is 0 Å². The number of carbonyl (C=O) groups excluding carboxylic acids is 2. The topological polar surface area (TPSA) is 95.6 Å². The van der Waals surface area contributed by atoms with E-state index in [-0.39, 0.29) is 38.6 Å². The number of anilines is 2. The van der Waals surface area contributed by atoms with E-state index < -0.39 is 22.0 Å². The highest BCUT2D eigenvalue weighted by Gasteiger charge is 2.34. The second-order valence-electron chi connectivity index (χ2n) is 8.64. The number of amides is 2. The minimum absolute atomic E-state index is 0.0754. The molecule has 0 fully saturated rings. The number of benzene rings is 4. The van der Waals surface area contributed by atoms with Gasteiger partial charge in [0, 0.05) is 22.5 Å². The molecule has 0 aromatic heterocycles. The number of nitrogens with zero attached hydrogens (tertiary/aromatic N) is 1. The molecule has 38 heavy (non-hydrogen) atoms. The Hall–Kier alpha value is -3.85. The van der Waals surface area contributed by atoms with Gasteiger partial charge in [-0.15, -0.1) is 0 Å². The maximum atomic E-state index is 13.9. The third-order valence-corrected chi connectivity index (χ3v) is 8.21. The van der Waals surface area contributed by atoms with Crippen LogP contribution in [0.4, 0.5) is 11.4 Å². The summed E-state index contributed by atoms with van der Waals surface area (Å²) >= 11 is 11.9. The van der Waals surface area contributed by atoms with Gasteiger partial charge in [-0.25, -0.2) is 8.42 Å². The lowest BCUT2D eigenvalue weighted by atomic mass is 9.95. The molecule has 0 radical (unpaired) electrons. The number of nitrogens with one attached hydrogen (secondary N) is 2. The summed E-state index contributed by atoms with van der Waals surface area (Å²) in [6.07, 6.45) is 0. The summed E-state index contributed by atoms with van der Waals surface area (Å²) in [6.45, 7) is -0.188. The SMILES string of the molecule is O=C1CN(C(=O)c2cccc(NS(=O)(=O)c3ccc(Cl)c(Cl)c3)c2)C(c2ccccc2)c2ccccc2N1. The summed E-state index contributed by atoms with van der Waals surface area (Å²) in [4.78, 5) is 28.1. The molecule has 2 amide bonds. The number of hydrogen-bond acceptors (Lipinski definition) is 4. The van der Waals surface area contributed by atoms with Crippen LogP contribution in [0.15, 0.2) is 102 Å². The highest BCUT2D eigenvalue weighted by atomic mass is 35.5. The molecule has 1 aliphatic rings. The van der Waals surface area contributed by atoms with Crippen molar-refractivity contribution >= 4 is 56.4 Å². The predicted molar refractivity (Wildman–Crippen MR) is 148 cm³/mol. The molecule has 4 aromatic carbocycles. The number of para-hydroxylation sites is 1. The highest BCUT2D eigenvalue weighted by Crippen LogP contribution is 2.36. The molecule has 0 saturated heterocycles. The van der Waals surface area contributed by atoms with Gasteiger partial charge >= 0.3 is 0 Å². The standard InChI is InChI=1S/C28H21Cl2N3O4S/c29-23-14-13-21(16-24(23)30)38(36,37)32-20-10-6-9-19(15-20)28(35)33-17-26(34)31-25-12-5-4-11-22(25)27(33)18-7-2-1-3-8-18/h1-16,27,32H,17H2,(H,31,34). The molecule has 0 spiro atoms. The Kier molecular flexibility index (Phi) is 7.12. The smallest absolute Gasteiger partial charge is 0.261 e. The van der Waals surface area contributed by atoms with Crippen LogP contribution in [-0.4, -0.2) is 31.7 Å². The first-order valence-corrected chi connectivity index (χ1v) is 13.8. The molecule has 1 atom stereocenters. The molecule has 5 rings (SSSR count). The van der Waals surface area contributed by atoms with Gasteiger partial charge < -0.3 is 10.2 Å². The van der Waals surface area contributed by atoms with Crippen LogP contribution in [-0.2, 0) is 14.8 Å². The first-order valence-electron chi connectivity index (χ1n) is 11.6. The Balaban J connectivity index is 1.51. The molecule has 1 unspecified atom stereocenters. The van der Waals surface area contributed by atoms with Crippen LogP contribution in [0, 0.1) is 0 Å². The number of halogens is 2. The van der Waals surface area contributed by atoms with E-state index in [4.69, 9.17) is 23.2 Å². The zero-order valence-electron chi connectivity index (χ0n) is 19.8. The number of rotatable bonds is 5. The van der Waals surface area contributed by atoms with Crippen LogP contribution in [0.25, 0.3) is 0 Å². The second kappa shape index (κ2) is 10.5. The fourth-order valence-corrected chi connectivity index (χ4v) is 5.81. The summed E-state index contributed by atoms with van der Waals surface area (Å²) in [5, 5.41) is 3.22. The molecular weight excluding hydrogens is 545 g/mol. The van der Waals surface area contributed by atoms with E-state index in [1.807, 2.05) is 48.5 Å². The van der Waals surface area contributed by atoms with Crippen molar-refractivity contribution in [3.8, 4) is 0 Å². The molecule has 0 bridgehead atoms. The Morgan fingerprint density at radius 1 is 0.868 bits per heavy atom. The summed E-state index contributed by atoms with van der Waals surface area (Å²) in [6, 6.07) is 26.3. The van der Waals surface area contributed by atoms with E-state index in [9.17, 15) is 18.0 Å². The van der Waals surface area contributed by atoms with Gasteiger partial charge in [0.2, 0.25) is 5.91 Å². The number of hydrogen-bond donors (Lipinski definition) is 2. The molecular formula is C28H21Cl2N3O4S. The lowest BCUT2D eigenvalue weighted by Gasteiger charge is -2.30. The van der Waals surface area contributed by atoms with Crippen molar-refractivity contribution in [2.24, 2.45) is 0 Å². The van der Waals surface area contributed by atoms with Gasteiger partial charge in [-0.05, 0) is 48.0 Å². The lowest BCUT2D eigenvalue weighted by molar-refractivity contribution is -0.117. The summed E-state index contributed by atoms with van der Waals surface area (Å²) < 4.78 is 28.4. The average molecular weight is 566 g/mol. The van der Waals surface area contributed by atoms with E-state index in [1.165, 1.54) is 35.2 Å². The molecule has 1 heterocycles. The van der Waals surface area contributed by atoms with Gasteiger partial charge in [-0.2, -0.15) is 0 Å². The third kappa shape index (κ3) is 5.24. The molecule has 0 saturated carbocycles. The fraction of sp³-hybridized carbons (Fsp3) is 0.0714. The van der Waals surface area contributed by atoms with Gasteiger partial charge in [0.25, 0.3) is 15.9 Å². The second-order valence-corrected chi connectivity index (χ2v) is 11.1. The van der Waals surface area contributed by atoms with Crippen molar-refractivity contribution in [1.29, 1.82) is 0 Å². The van der Waals surface area contributed by atoms with Crippen molar-refractivity contribution in [2.45, 2.75) is 10.9 Å². The predicted octanol–water partition coefficient (Wildman–Crippen LogP) is 5.98. The van der Waals surface area contributed by atoms with Crippen LogP contribution in [0.5, 0.6) is 0 Å². The van der Waals surface area contributed by atoms with Crippen molar-refractivity contribution in [3.05, 3.63) is 124 Å². The summed E-state index contributed by atoms with van der Waals surface area (Å²) in [5.41, 5.74) is 2.63. The zero-order chi connectivity index (χ0) is 26.9. The summed E-state index contributed by atoms with van der Waals surface area (Å²) in [5.74, 6) is -0.762. The Morgan fingerprint density at radius 2 is 1.61 bits per heavy atom. The zero-order valence-corrected chi connectivity index (χ0v) is 22.1. The van der Waals surface area contributed by atoms with E-state index in [0.717, 1.165) is 11.1 Å². The van der Waals surface area contributed by atoms with Crippen LogP contribution in [0.2, 0.25) is 10.0 Å². The largest absolute Gasteiger partial charge is 0.324 e. The molecule has 192 valence electrons. The van der Waals surface area contributed by atoms with Crippen LogP contribution < -0.4 is 10.0 Å². The Labute approximate surface area is 230 Å². The molecule has 0 aliphatic carbocycles. The molecule has 1 aliphatic heterocycles. The third-order valence-electron chi connectivity index (χ3n) is 6.09. The first kappa shape index (κ1) is 25.8. The van der Waals surface area contributed by atoms with Crippen molar-refractivity contribution < 1.29 is 18.0 Å². The Morgan fingerprint density at radius 3 is 2.37 bits per heavy atom. The van der Waals surface area contributed by atoms with Gasteiger partial charge in [-0.3, -0.25) is 14.3 Å². The minimum atomic E-state index is -4.01. The van der Waals surface area contributed by atoms with Crippen molar-refractivity contribution in [3.63, 3.8) is 0 Å². The quantitative estimate of drug-likeness (QED) is 0.311. The van der Waals surface area contributed by atoms with E-state index in [1.54, 1.807) is 18.2 Å². The maximum absolute atomic E-state index is 13.9. The van der Waals surface area contributed by atoms with E-state index >= 15 is 0 Å². The normalized spacial score (nSPS) is 15.3. The highest BCUT2D eigenvalue weighted by molar-refractivity contribution is 7.92. The van der Waals surface area contributed by atoms with Crippen LogP contribution >= 0.6 is 23.2 Å². The number of sulfonamides is 1. The van der Waals surface area contributed by atoms with Gasteiger partial charge in [-0.1, -0.05) is 77.8 Å². The molecule has 10 heteroatoms. The first-order chi connectivity index (χ1) is 18.2. The minimum Gasteiger partial charge on any atom is -0.324 e. The van der Waals surface area contributed by atoms with E-state index in [0.29, 0.717) is 5.69 Å². The maximum Gasteiger partial charge on any atom is 0.261 e. The molecule has 2 N–H and O–H groups in total. The van der Waals surface area contributed by atoms with Crippen LogP contribution in [0.3, 0.4) is 0 Å². The molecule has 4 aromatic rings. The Bertz CT molecular complexity index is 1650. The van der Waals surface area contributed by atoms with Crippen LogP contribution in [0.1, 0.15) is 27.5 Å². The monoisotopic (exact) mass is 565 g/mol.